The molecule has 0 bridgehead atoms. The second kappa shape index (κ2) is 3.79. The van der Waals surface area contributed by atoms with Gasteiger partial charge in [-0.1, -0.05) is 26.0 Å². The molecule has 1 aromatic heterocycles. The Morgan fingerprint density at radius 3 is 2.82 bits per heavy atom. The van der Waals surface area contributed by atoms with Gasteiger partial charge in [0.05, 0.1) is 20.8 Å². The van der Waals surface area contributed by atoms with Crippen LogP contribution >= 0.6 is 11.3 Å². The van der Waals surface area contributed by atoms with Crippen LogP contribution in [0.1, 0.15) is 43.2 Å². The van der Waals surface area contributed by atoms with E-state index in [1.54, 1.807) is 11.3 Å². The predicted octanol–water partition coefficient (Wildman–Crippen LogP) is 3.49. The summed E-state index contributed by atoms with van der Waals surface area (Å²) in [5.74, 6) is 0.476. The topological polar surface area (TPSA) is 33.1 Å². The molecule has 17 heavy (non-hydrogen) atoms. The minimum atomic E-state index is -0.435. The Morgan fingerprint density at radius 1 is 1.41 bits per heavy atom. The van der Waals surface area contributed by atoms with Crippen molar-refractivity contribution >= 4 is 21.6 Å². The molecule has 0 unspecified atom stereocenters. The van der Waals surface area contributed by atoms with E-state index in [0.717, 1.165) is 24.8 Å². The van der Waals surface area contributed by atoms with E-state index in [1.165, 1.54) is 15.3 Å². The zero-order chi connectivity index (χ0) is 12.0. The fourth-order valence-electron chi connectivity index (χ4n) is 2.09. The smallest absolute Gasteiger partial charge is 0.0964 e. The van der Waals surface area contributed by atoms with Gasteiger partial charge in [-0.15, -0.1) is 11.3 Å². The monoisotopic (exact) mass is 247 g/mol. The molecule has 0 radical (unpaired) electrons. The molecule has 1 aromatic carbocycles. The lowest BCUT2D eigenvalue weighted by Crippen LogP contribution is -2.10. The molecule has 0 atom stereocenters. The van der Waals surface area contributed by atoms with Crippen molar-refractivity contribution in [3.8, 4) is 0 Å². The summed E-state index contributed by atoms with van der Waals surface area (Å²) in [6, 6.07) is 6.30. The lowest BCUT2D eigenvalue weighted by molar-refractivity contribution is 0.151. The minimum Gasteiger partial charge on any atom is -0.390 e. The summed E-state index contributed by atoms with van der Waals surface area (Å²) in [4.78, 5) is 4.73. The first-order valence-corrected chi connectivity index (χ1v) is 7.00. The SMILES string of the molecule is CC(C)c1nc2c(CC3(O)CC3)cccc2s1. The zero-order valence-corrected chi connectivity index (χ0v) is 11.0. The number of aliphatic hydroxyl groups is 1. The summed E-state index contributed by atoms with van der Waals surface area (Å²) in [5, 5.41) is 11.2. The second-order valence-corrected chi connectivity index (χ2v) is 6.43. The van der Waals surface area contributed by atoms with E-state index in [4.69, 9.17) is 4.98 Å². The van der Waals surface area contributed by atoms with E-state index in [2.05, 4.69) is 32.0 Å². The van der Waals surface area contributed by atoms with Gasteiger partial charge in [0.25, 0.3) is 0 Å². The van der Waals surface area contributed by atoms with Crippen LogP contribution in [-0.4, -0.2) is 15.7 Å². The summed E-state index contributed by atoms with van der Waals surface area (Å²) in [6.07, 6.45) is 2.63. The van der Waals surface area contributed by atoms with Crippen molar-refractivity contribution in [2.45, 2.75) is 44.6 Å². The Balaban J connectivity index is 2.05. The molecule has 90 valence electrons. The van der Waals surface area contributed by atoms with Crippen LogP contribution in [0.2, 0.25) is 0 Å². The summed E-state index contributed by atoms with van der Waals surface area (Å²) in [7, 11) is 0. The van der Waals surface area contributed by atoms with E-state index >= 15 is 0 Å². The second-order valence-electron chi connectivity index (χ2n) is 5.37. The minimum absolute atomic E-state index is 0.435. The maximum absolute atomic E-state index is 10.0. The number of thiazole rings is 1. The fourth-order valence-corrected chi connectivity index (χ4v) is 3.11. The summed E-state index contributed by atoms with van der Waals surface area (Å²) < 4.78 is 1.25. The van der Waals surface area contributed by atoms with E-state index in [0.29, 0.717) is 5.92 Å². The molecule has 0 amide bonds. The fraction of sp³-hybridized carbons (Fsp3) is 0.500. The molecule has 1 fully saturated rings. The first-order valence-electron chi connectivity index (χ1n) is 6.18. The number of aromatic nitrogens is 1. The molecular formula is C14H17NOS. The normalized spacial score (nSPS) is 17.9. The molecule has 3 rings (SSSR count). The zero-order valence-electron chi connectivity index (χ0n) is 10.2. The van der Waals surface area contributed by atoms with Gasteiger partial charge >= 0.3 is 0 Å². The van der Waals surface area contributed by atoms with E-state index in [9.17, 15) is 5.11 Å². The first-order chi connectivity index (χ1) is 8.07. The highest BCUT2D eigenvalue weighted by Gasteiger charge is 2.40. The largest absolute Gasteiger partial charge is 0.390 e. The third kappa shape index (κ3) is 2.09. The van der Waals surface area contributed by atoms with E-state index in [-0.39, 0.29) is 0 Å². The molecule has 2 nitrogen and oxygen atoms in total. The maximum Gasteiger partial charge on any atom is 0.0964 e. The molecule has 0 saturated heterocycles. The third-order valence-electron chi connectivity index (χ3n) is 3.36. The standard InChI is InChI=1S/C14H17NOS/c1-9(2)13-15-12-10(8-14(16)6-7-14)4-3-5-11(12)17-13/h3-5,9,16H,6-8H2,1-2H3. The van der Waals surface area contributed by atoms with E-state index in [1.807, 2.05) is 0 Å². The average Bonchev–Trinajstić information content (AvgIpc) is 2.84. The van der Waals surface area contributed by atoms with Crippen molar-refractivity contribution in [1.29, 1.82) is 0 Å². The lowest BCUT2D eigenvalue weighted by atomic mass is 10.1. The van der Waals surface area contributed by atoms with E-state index < -0.39 is 5.60 Å². The molecule has 3 heteroatoms. The third-order valence-corrected chi connectivity index (χ3v) is 4.68. The van der Waals surface area contributed by atoms with Crippen LogP contribution in [0.3, 0.4) is 0 Å². The van der Waals surface area contributed by atoms with Gasteiger partial charge in [0.15, 0.2) is 0 Å². The highest BCUT2D eigenvalue weighted by molar-refractivity contribution is 7.18. The van der Waals surface area contributed by atoms with Crippen LogP contribution < -0.4 is 0 Å². The number of fused-ring (bicyclic) bond motifs is 1. The molecule has 1 aliphatic rings. The number of hydrogen-bond donors (Lipinski definition) is 1. The summed E-state index contributed by atoms with van der Waals surface area (Å²) in [6.45, 7) is 4.34. The van der Waals surface area contributed by atoms with Crippen molar-refractivity contribution in [1.82, 2.24) is 4.98 Å². The van der Waals surface area contributed by atoms with Gasteiger partial charge in [-0.05, 0) is 24.5 Å². The molecule has 1 heterocycles. The highest BCUT2D eigenvalue weighted by Crippen LogP contribution is 2.40. The number of rotatable bonds is 3. The van der Waals surface area contributed by atoms with Crippen molar-refractivity contribution in [2.75, 3.05) is 0 Å². The molecule has 1 aliphatic carbocycles. The maximum atomic E-state index is 10.0. The van der Waals surface area contributed by atoms with Gasteiger partial charge in [0.2, 0.25) is 0 Å². The summed E-state index contributed by atoms with van der Waals surface area (Å²) >= 11 is 1.77. The van der Waals surface area contributed by atoms with Gasteiger partial charge in [-0.25, -0.2) is 4.98 Å². The van der Waals surface area contributed by atoms with Crippen LogP contribution in [0.25, 0.3) is 10.2 Å². The average molecular weight is 247 g/mol. The van der Waals surface area contributed by atoms with Gasteiger partial charge < -0.3 is 5.11 Å². The molecule has 1 N–H and O–H groups in total. The Labute approximate surface area is 105 Å². The Morgan fingerprint density at radius 2 is 2.18 bits per heavy atom. The van der Waals surface area contributed by atoms with Gasteiger partial charge in [0.1, 0.15) is 0 Å². The van der Waals surface area contributed by atoms with Crippen LogP contribution in [0.4, 0.5) is 0 Å². The number of hydrogen-bond acceptors (Lipinski definition) is 3. The van der Waals surface area contributed by atoms with Crippen LogP contribution in [0.5, 0.6) is 0 Å². The first kappa shape index (κ1) is 11.2. The Bertz CT molecular complexity index is 554. The predicted molar refractivity (Wildman–Crippen MR) is 71.6 cm³/mol. The number of para-hydroxylation sites is 1. The van der Waals surface area contributed by atoms with Crippen molar-refractivity contribution in [3.05, 3.63) is 28.8 Å². The molecule has 2 aromatic rings. The van der Waals surface area contributed by atoms with Crippen molar-refractivity contribution < 1.29 is 5.11 Å². The van der Waals surface area contributed by atoms with Crippen LogP contribution in [0, 0.1) is 0 Å². The van der Waals surface area contributed by atoms with Gasteiger partial charge in [-0.3, -0.25) is 0 Å². The van der Waals surface area contributed by atoms with Crippen molar-refractivity contribution in [3.63, 3.8) is 0 Å². The number of nitrogens with zero attached hydrogens (tertiary/aromatic N) is 1. The molecule has 1 saturated carbocycles. The highest BCUT2D eigenvalue weighted by atomic mass is 32.1. The molecular weight excluding hydrogens is 230 g/mol. The summed E-state index contributed by atoms with van der Waals surface area (Å²) in [5.41, 5.74) is 1.86. The van der Waals surface area contributed by atoms with Crippen LogP contribution in [-0.2, 0) is 6.42 Å². The Kier molecular flexibility index (Phi) is 2.49. The quantitative estimate of drug-likeness (QED) is 0.900. The number of benzene rings is 1. The molecule has 0 spiro atoms. The van der Waals surface area contributed by atoms with Crippen LogP contribution in [0.15, 0.2) is 18.2 Å². The van der Waals surface area contributed by atoms with Crippen molar-refractivity contribution in [2.24, 2.45) is 0 Å². The van der Waals surface area contributed by atoms with Gasteiger partial charge in [0, 0.05) is 12.3 Å². The molecule has 0 aliphatic heterocycles. The van der Waals surface area contributed by atoms with Gasteiger partial charge in [-0.2, -0.15) is 0 Å². The Hall–Kier alpha value is -0.930. The lowest BCUT2D eigenvalue weighted by Gasteiger charge is -2.07.